The van der Waals surface area contributed by atoms with Gasteiger partial charge in [0.1, 0.15) is 0 Å². The monoisotopic (exact) mass is 295 g/mol. The van der Waals surface area contributed by atoms with Crippen molar-refractivity contribution in [2.75, 3.05) is 19.7 Å². The van der Waals surface area contributed by atoms with Gasteiger partial charge in [-0.15, -0.1) is 0 Å². The molecule has 1 rings (SSSR count). The Hall–Kier alpha value is -0.990. The number of amides is 1. The van der Waals surface area contributed by atoms with Gasteiger partial charge in [-0.05, 0) is 32.1 Å². The minimum absolute atomic E-state index is 0.115. The Labute approximate surface area is 130 Å². The van der Waals surface area contributed by atoms with Crippen LogP contribution >= 0.6 is 0 Å². The first-order chi connectivity index (χ1) is 10.3. The molecule has 1 heterocycles. The second-order valence-electron chi connectivity index (χ2n) is 5.98. The summed E-state index contributed by atoms with van der Waals surface area (Å²) in [5.41, 5.74) is 0. The number of unbranched alkanes of at least 4 members (excludes halogenated alkanes) is 8. The highest BCUT2D eigenvalue weighted by molar-refractivity contribution is 5.68. The zero-order valence-corrected chi connectivity index (χ0v) is 13.8. The first-order valence-electron chi connectivity index (χ1n) is 8.91. The maximum Gasteiger partial charge on any atom is 0.409 e. The third-order valence-electron chi connectivity index (χ3n) is 4.00. The Morgan fingerprint density at radius 3 is 2.38 bits per heavy atom. The van der Waals surface area contributed by atoms with Crippen LogP contribution in [0.25, 0.3) is 0 Å². The minimum Gasteiger partial charge on any atom is -0.449 e. The molecule has 1 saturated heterocycles. The summed E-state index contributed by atoms with van der Waals surface area (Å²) in [6.07, 6.45) is 18.3. The van der Waals surface area contributed by atoms with Crippen LogP contribution in [0.4, 0.5) is 4.79 Å². The first kappa shape index (κ1) is 18.1. The van der Waals surface area contributed by atoms with Gasteiger partial charge in [-0.1, -0.05) is 57.6 Å². The van der Waals surface area contributed by atoms with E-state index in [0.29, 0.717) is 6.61 Å². The van der Waals surface area contributed by atoms with Crippen molar-refractivity contribution in [1.29, 1.82) is 0 Å². The molecule has 0 N–H and O–H groups in total. The number of allylic oxidation sites excluding steroid dienone is 2. The number of rotatable bonds is 12. The molecule has 0 aromatic carbocycles. The Balaban J connectivity index is 1.82. The van der Waals surface area contributed by atoms with Gasteiger partial charge in [0.05, 0.1) is 6.61 Å². The summed E-state index contributed by atoms with van der Waals surface area (Å²) in [6.45, 7) is 4.59. The maximum absolute atomic E-state index is 11.4. The highest BCUT2D eigenvalue weighted by Crippen LogP contribution is 2.10. The average molecular weight is 295 g/mol. The van der Waals surface area contributed by atoms with Crippen molar-refractivity contribution in [2.45, 2.75) is 77.6 Å². The summed E-state index contributed by atoms with van der Waals surface area (Å²) < 4.78 is 5.03. The third-order valence-corrected chi connectivity index (χ3v) is 4.00. The van der Waals surface area contributed by atoms with Gasteiger partial charge in [0, 0.05) is 13.1 Å². The molecule has 0 spiro atoms. The van der Waals surface area contributed by atoms with Crippen LogP contribution in [0.15, 0.2) is 12.2 Å². The van der Waals surface area contributed by atoms with E-state index in [0.717, 1.165) is 25.9 Å². The zero-order chi connectivity index (χ0) is 15.2. The normalized spacial score (nSPS) is 15.7. The Morgan fingerprint density at radius 1 is 1.00 bits per heavy atom. The van der Waals surface area contributed by atoms with Gasteiger partial charge in [-0.3, -0.25) is 0 Å². The molecule has 1 amide bonds. The molecule has 1 aliphatic heterocycles. The number of cyclic esters (lactones) is 1. The van der Waals surface area contributed by atoms with Crippen LogP contribution in [0.1, 0.15) is 77.6 Å². The lowest BCUT2D eigenvalue weighted by molar-refractivity contribution is 0.0722. The van der Waals surface area contributed by atoms with E-state index in [2.05, 4.69) is 19.1 Å². The summed E-state index contributed by atoms with van der Waals surface area (Å²) >= 11 is 0. The molecule has 1 aliphatic rings. The molecule has 0 bridgehead atoms. The predicted molar refractivity (Wildman–Crippen MR) is 88.5 cm³/mol. The van der Waals surface area contributed by atoms with Gasteiger partial charge >= 0.3 is 6.09 Å². The van der Waals surface area contributed by atoms with Crippen LogP contribution in [0.2, 0.25) is 0 Å². The van der Waals surface area contributed by atoms with Crippen LogP contribution in [-0.4, -0.2) is 30.7 Å². The summed E-state index contributed by atoms with van der Waals surface area (Å²) in [4.78, 5) is 13.3. The van der Waals surface area contributed by atoms with Crippen molar-refractivity contribution in [3.63, 3.8) is 0 Å². The van der Waals surface area contributed by atoms with Gasteiger partial charge in [0.25, 0.3) is 0 Å². The number of hydrogen-bond donors (Lipinski definition) is 0. The van der Waals surface area contributed by atoms with Crippen LogP contribution in [0, 0.1) is 0 Å². The van der Waals surface area contributed by atoms with Crippen molar-refractivity contribution < 1.29 is 9.53 Å². The van der Waals surface area contributed by atoms with Gasteiger partial charge in [0.2, 0.25) is 0 Å². The standard InChI is InChI=1S/C18H33NO2/c1-2-3-4-5-6-7-8-9-10-11-12-13-15-19-16-14-17-21-18(19)20/h5-6H,2-4,7-17H2,1H3. The second kappa shape index (κ2) is 12.7. The number of carbonyl (C=O) groups excluding carboxylic acids is 1. The number of nitrogens with zero attached hydrogens (tertiary/aromatic N) is 1. The topological polar surface area (TPSA) is 29.5 Å². The molecule has 0 unspecified atom stereocenters. The molecule has 3 nitrogen and oxygen atoms in total. The van der Waals surface area contributed by atoms with E-state index in [-0.39, 0.29) is 6.09 Å². The zero-order valence-electron chi connectivity index (χ0n) is 13.8. The number of ether oxygens (including phenoxy) is 1. The lowest BCUT2D eigenvalue weighted by atomic mass is 10.1. The highest BCUT2D eigenvalue weighted by Gasteiger charge is 2.18. The lowest BCUT2D eigenvalue weighted by Gasteiger charge is -2.26. The van der Waals surface area contributed by atoms with E-state index in [1.165, 1.54) is 57.8 Å². The highest BCUT2D eigenvalue weighted by atomic mass is 16.6. The summed E-state index contributed by atoms with van der Waals surface area (Å²) in [6, 6.07) is 0. The first-order valence-corrected chi connectivity index (χ1v) is 8.91. The molecule has 0 atom stereocenters. The quantitative estimate of drug-likeness (QED) is 0.361. The SMILES string of the molecule is CCCCC=CCCCCCCCCN1CCCOC1=O. The van der Waals surface area contributed by atoms with Crippen LogP contribution in [0.3, 0.4) is 0 Å². The molecule has 21 heavy (non-hydrogen) atoms. The molecular formula is C18H33NO2. The molecule has 0 saturated carbocycles. The average Bonchev–Trinajstić information content (AvgIpc) is 2.50. The predicted octanol–water partition coefficient (Wildman–Crippen LogP) is 5.31. The Bertz CT molecular complexity index is 289. The molecule has 0 aliphatic carbocycles. The van der Waals surface area contributed by atoms with Crippen molar-refractivity contribution in [3.05, 3.63) is 12.2 Å². The van der Waals surface area contributed by atoms with Crippen molar-refractivity contribution in [3.8, 4) is 0 Å². The van der Waals surface area contributed by atoms with E-state index in [1.54, 1.807) is 0 Å². The molecule has 1 fully saturated rings. The van der Waals surface area contributed by atoms with E-state index >= 15 is 0 Å². The number of hydrogen-bond acceptors (Lipinski definition) is 2. The largest absolute Gasteiger partial charge is 0.449 e. The van der Waals surface area contributed by atoms with E-state index in [9.17, 15) is 4.79 Å². The van der Waals surface area contributed by atoms with Gasteiger partial charge in [-0.2, -0.15) is 0 Å². The van der Waals surface area contributed by atoms with Crippen LogP contribution in [-0.2, 0) is 4.74 Å². The van der Waals surface area contributed by atoms with Crippen LogP contribution < -0.4 is 0 Å². The van der Waals surface area contributed by atoms with Crippen LogP contribution in [0.5, 0.6) is 0 Å². The van der Waals surface area contributed by atoms with E-state index in [4.69, 9.17) is 4.74 Å². The Kier molecular flexibility index (Phi) is 10.9. The fourth-order valence-electron chi connectivity index (χ4n) is 2.63. The molecule has 0 radical (unpaired) electrons. The molecule has 0 aromatic heterocycles. The molecule has 0 aromatic rings. The summed E-state index contributed by atoms with van der Waals surface area (Å²) in [5, 5.41) is 0. The Morgan fingerprint density at radius 2 is 1.67 bits per heavy atom. The van der Waals surface area contributed by atoms with E-state index < -0.39 is 0 Å². The summed E-state index contributed by atoms with van der Waals surface area (Å²) in [7, 11) is 0. The van der Waals surface area contributed by atoms with Crippen molar-refractivity contribution in [2.24, 2.45) is 0 Å². The molecular weight excluding hydrogens is 262 g/mol. The van der Waals surface area contributed by atoms with Gasteiger partial charge < -0.3 is 9.64 Å². The molecule has 122 valence electrons. The second-order valence-corrected chi connectivity index (χ2v) is 5.98. The summed E-state index contributed by atoms with van der Waals surface area (Å²) in [5.74, 6) is 0. The maximum atomic E-state index is 11.4. The lowest BCUT2D eigenvalue weighted by Crippen LogP contribution is -2.38. The van der Waals surface area contributed by atoms with Crippen molar-refractivity contribution in [1.82, 2.24) is 4.90 Å². The smallest absolute Gasteiger partial charge is 0.409 e. The van der Waals surface area contributed by atoms with Crippen molar-refractivity contribution >= 4 is 6.09 Å². The number of carbonyl (C=O) groups is 1. The fraction of sp³-hybridized carbons (Fsp3) is 0.833. The fourth-order valence-corrected chi connectivity index (χ4v) is 2.63. The van der Waals surface area contributed by atoms with E-state index in [1.807, 2.05) is 4.90 Å². The van der Waals surface area contributed by atoms with Gasteiger partial charge in [-0.25, -0.2) is 4.79 Å². The minimum atomic E-state index is -0.115. The molecule has 3 heteroatoms. The third kappa shape index (κ3) is 9.54. The van der Waals surface area contributed by atoms with Gasteiger partial charge in [0.15, 0.2) is 0 Å².